The van der Waals surface area contributed by atoms with E-state index < -0.39 is 0 Å². The van der Waals surface area contributed by atoms with Gasteiger partial charge in [-0.2, -0.15) is 5.10 Å². The highest BCUT2D eigenvalue weighted by molar-refractivity contribution is 6.05. The van der Waals surface area contributed by atoms with Gasteiger partial charge in [-0.25, -0.2) is 5.43 Å². The zero-order valence-corrected chi connectivity index (χ0v) is 16.6. The number of aryl methyl sites for hydroxylation is 1. The second kappa shape index (κ2) is 9.26. The second-order valence-corrected chi connectivity index (χ2v) is 6.26. The van der Waals surface area contributed by atoms with Crippen molar-refractivity contribution in [1.29, 1.82) is 0 Å². The van der Waals surface area contributed by atoms with Crippen LogP contribution in [0, 0.1) is 0 Å². The Morgan fingerprint density at radius 1 is 0.964 bits per heavy atom. The molecule has 148 valence electrons. The van der Waals surface area contributed by atoms with Crippen LogP contribution in [0.25, 0.3) is 0 Å². The SMILES string of the molecule is CCOc1cc(C(=O)N/N=C2\CCc3ccccc32)cc(OCC)c1OCC. The molecule has 3 rings (SSSR count). The first-order chi connectivity index (χ1) is 13.7. The summed E-state index contributed by atoms with van der Waals surface area (Å²) in [5.41, 5.74) is 6.33. The van der Waals surface area contributed by atoms with Gasteiger partial charge in [0.15, 0.2) is 11.5 Å². The number of hydrogen-bond donors (Lipinski definition) is 1. The Labute approximate surface area is 165 Å². The molecule has 0 spiro atoms. The fourth-order valence-corrected chi connectivity index (χ4v) is 3.23. The van der Waals surface area contributed by atoms with Crippen LogP contribution < -0.4 is 19.6 Å². The number of carbonyl (C=O) groups is 1. The first-order valence-corrected chi connectivity index (χ1v) is 9.69. The number of carbonyl (C=O) groups excluding carboxylic acids is 1. The number of benzene rings is 2. The maximum atomic E-state index is 12.7. The summed E-state index contributed by atoms with van der Waals surface area (Å²) < 4.78 is 17.0. The summed E-state index contributed by atoms with van der Waals surface area (Å²) in [6, 6.07) is 11.4. The van der Waals surface area contributed by atoms with Gasteiger partial charge in [-0.05, 0) is 51.3 Å². The number of nitrogens with zero attached hydrogens (tertiary/aromatic N) is 1. The third-order valence-corrected chi connectivity index (χ3v) is 4.42. The normalized spacial score (nSPS) is 13.9. The molecule has 0 unspecified atom stereocenters. The Bertz CT molecular complexity index is 850. The highest BCUT2D eigenvalue weighted by atomic mass is 16.5. The van der Waals surface area contributed by atoms with Crippen LogP contribution >= 0.6 is 0 Å². The lowest BCUT2D eigenvalue weighted by molar-refractivity contribution is 0.0953. The summed E-state index contributed by atoms with van der Waals surface area (Å²) in [6.45, 7) is 7.03. The van der Waals surface area contributed by atoms with Gasteiger partial charge in [-0.3, -0.25) is 4.79 Å². The Hall–Kier alpha value is -3.02. The van der Waals surface area contributed by atoms with Crippen molar-refractivity contribution in [2.75, 3.05) is 19.8 Å². The van der Waals surface area contributed by atoms with E-state index in [0.29, 0.717) is 42.6 Å². The van der Waals surface area contributed by atoms with Gasteiger partial charge in [0.25, 0.3) is 5.91 Å². The summed E-state index contributed by atoms with van der Waals surface area (Å²) in [5, 5.41) is 4.36. The molecule has 0 saturated carbocycles. The van der Waals surface area contributed by atoms with Crippen molar-refractivity contribution in [2.45, 2.75) is 33.6 Å². The molecule has 1 amide bonds. The van der Waals surface area contributed by atoms with Crippen LogP contribution in [-0.2, 0) is 6.42 Å². The smallest absolute Gasteiger partial charge is 0.271 e. The molecule has 28 heavy (non-hydrogen) atoms. The standard InChI is InChI=1S/C22H26N2O4/c1-4-26-19-13-16(14-20(27-5-2)21(19)28-6-3)22(25)24-23-18-12-11-15-9-7-8-10-17(15)18/h7-10,13-14H,4-6,11-12H2,1-3H3,(H,24,25)/b23-18+. The molecule has 0 heterocycles. The zero-order chi connectivity index (χ0) is 19.9. The fourth-order valence-electron chi connectivity index (χ4n) is 3.23. The molecule has 0 fully saturated rings. The third kappa shape index (κ3) is 4.27. The zero-order valence-electron chi connectivity index (χ0n) is 16.6. The van der Waals surface area contributed by atoms with E-state index in [1.807, 2.05) is 39.0 Å². The van der Waals surface area contributed by atoms with Crippen LogP contribution in [0.3, 0.4) is 0 Å². The Morgan fingerprint density at radius 3 is 2.25 bits per heavy atom. The summed E-state index contributed by atoms with van der Waals surface area (Å²) in [7, 11) is 0. The van der Waals surface area contributed by atoms with Crippen LogP contribution in [0.4, 0.5) is 0 Å². The van der Waals surface area contributed by atoms with Gasteiger partial charge in [-0.1, -0.05) is 24.3 Å². The Balaban J connectivity index is 1.86. The molecule has 0 aromatic heterocycles. The van der Waals surface area contributed by atoms with Gasteiger partial charge >= 0.3 is 0 Å². The van der Waals surface area contributed by atoms with Gasteiger partial charge in [0.2, 0.25) is 5.75 Å². The van der Waals surface area contributed by atoms with Gasteiger partial charge in [-0.15, -0.1) is 0 Å². The van der Waals surface area contributed by atoms with E-state index >= 15 is 0 Å². The van der Waals surface area contributed by atoms with Crippen LogP contribution in [0.5, 0.6) is 17.2 Å². The Morgan fingerprint density at radius 2 is 1.61 bits per heavy atom. The van der Waals surface area contributed by atoms with E-state index in [0.717, 1.165) is 24.1 Å². The average molecular weight is 382 g/mol. The molecule has 0 aliphatic heterocycles. The number of rotatable bonds is 8. The molecule has 2 aromatic carbocycles. The molecular formula is C22H26N2O4. The summed E-state index contributed by atoms with van der Waals surface area (Å²) >= 11 is 0. The average Bonchev–Trinajstić information content (AvgIpc) is 3.12. The molecular weight excluding hydrogens is 356 g/mol. The quantitative estimate of drug-likeness (QED) is 0.702. The van der Waals surface area contributed by atoms with Crippen molar-refractivity contribution < 1.29 is 19.0 Å². The van der Waals surface area contributed by atoms with Crippen molar-refractivity contribution in [3.8, 4) is 17.2 Å². The fraction of sp³-hybridized carbons (Fsp3) is 0.364. The second-order valence-electron chi connectivity index (χ2n) is 6.26. The van der Waals surface area contributed by atoms with Crippen molar-refractivity contribution in [3.63, 3.8) is 0 Å². The van der Waals surface area contributed by atoms with Gasteiger partial charge in [0.1, 0.15) is 0 Å². The molecule has 6 heteroatoms. The molecule has 1 aliphatic rings. The maximum absolute atomic E-state index is 12.7. The first-order valence-electron chi connectivity index (χ1n) is 9.69. The molecule has 0 bridgehead atoms. The topological polar surface area (TPSA) is 69.2 Å². The Kier molecular flexibility index (Phi) is 6.53. The molecule has 1 N–H and O–H groups in total. The van der Waals surface area contributed by atoms with Gasteiger partial charge in [0, 0.05) is 11.1 Å². The van der Waals surface area contributed by atoms with E-state index in [1.165, 1.54) is 5.56 Å². The molecule has 0 radical (unpaired) electrons. The molecule has 0 atom stereocenters. The highest BCUT2D eigenvalue weighted by Crippen LogP contribution is 2.39. The predicted octanol–water partition coefficient (Wildman–Crippen LogP) is 3.96. The van der Waals surface area contributed by atoms with Gasteiger partial charge in [0.05, 0.1) is 25.5 Å². The minimum atomic E-state index is -0.318. The minimum Gasteiger partial charge on any atom is -0.490 e. The van der Waals surface area contributed by atoms with Crippen LogP contribution in [0.2, 0.25) is 0 Å². The van der Waals surface area contributed by atoms with Crippen LogP contribution in [-0.4, -0.2) is 31.4 Å². The monoisotopic (exact) mass is 382 g/mol. The molecule has 0 saturated heterocycles. The molecule has 6 nitrogen and oxygen atoms in total. The predicted molar refractivity (Wildman–Crippen MR) is 109 cm³/mol. The van der Waals surface area contributed by atoms with Crippen molar-refractivity contribution in [1.82, 2.24) is 5.43 Å². The van der Waals surface area contributed by atoms with Crippen molar-refractivity contribution in [2.24, 2.45) is 5.10 Å². The number of nitrogens with one attached hydrogen (secondary N) is 1. The lowest BCUT2D eigenvalue weighted by Crippen LogP contribution is -2.20. The maximum Gasteiger partial charge on any atom is 0.271 e. The van der Waals surface area contributed by atoms with E-state index in [4.69, 9.17) is 14.2 Å². The van der Waals surface area contributed by atoms with E-state index in [2.05, 4.69) is 16.6 Å². The minimum absolute atomic E-state index is 0.318. The third-order valence-electron chi connectivity index (χ3n) is 4.42. The molecule has 2 aromatic rings. The lowest BCUT2D eigenvalue weighted by Gasteiger charge is -2.16. The van der Waals surface area contributed by atoms with Crippen molar-refractivity contribution in [3.05, 3.63) is 53.1 Å². The van der Waals surface area contributed by atoms with E-state index in [-0.39, 0.29) is 5.91 Å². The van der Waals surface area contributed by atoms with Crippen LogP contribution in [0.1, 0.15) is 48.7 Å². The molecule has 1 aliphatic carbocycles. The van der Waals surface area contributed by atoms with Crippen molar-refractivity contribution >= 4 is 11.6 Å². The number of fused-ring (bicyclic) bond motifs is 1. The van der Waals surface area contributed by atoms with E-state index in [9.17, 15) is 4.79 Å². The highest BCUT2D eigenvalue weighted by Gasteiger charge is 2.20. The lowest BCUT2D eigenvalue weighted by atomic mass is 10.1. The number of hydrogen-bond acceptors (Lipinski definition) is 5. The summed E-state index contributed by atoms with van der Waals surface area (Å²) in [5.74, 6) is 1.17. The van der Waals surface area contributed by atoms with E-state index in [1.54, 1.807) is 12.1 Å². The first kappa shape index (κ1) is 19.7. The number of hydrazone groups is 1. The largest absolute Gasteiger partial charge is 0.490 e. The summed E-state index contributed by atoms with van der Waals surface area (Å²) in [6.07, 6.45) is 1.76. The van der Waals surface area contributed by atoms with Crippen LogP contribution in [0.15, 0.2) is 41.5 Å². The van der Waals surface area contributed by atoms with Gasteiger partial charge < -0.3 is 14.2 Å². The number of amides is 1. The number of ether oxygens (including phenoxy) is 3. The summed E-state index contributed by atoms with van der Waals surface area (Å²) in [4.78, 5) is 12.7.